The minimum atomic E-state index is -1.74. The summed E-state index contributed by atoms with van der Waals surface area (Å²) in [6.07, 6.45) is 8.63. The standard InChI is InChI=1S/C27H44N2OSi/c1-8-9-12-23-14-15-25(29-27(30)26-13-10-11-17-28-26)19-24(23)16-18-31(20(2)3,21(4)5)22(6)7/h10-11,13,17,20-25H,8-9,12,14-15,19H2,1-7H3,(H,29,30). The van der Waals surface area contributed by atoms with Gasteiger partial charge < -0.3 is 5.32 Å². The highest BCUT2D eigenvalue weighted by Gasteiger charge is 2.42. The fraction of sp³-hybridized carbons (Fsp3) is 0.704. The highest BCUT2D eigenvalue weighted by molar-refractivity contribution is 6.90. The third kappa shape index (κ3) is 6.45. The first-order valence-electron chi connectivity index (χ1n) is 12.5. The number of aromatic nitrogens is 1. The molecule has 1 N–H and O–H groups in total. The van der Waals surface area contributed by atoms with E-state index in [1.807, 2.05) is 12.1 Å². The quantitative estimate of drug-likeness (QED) is 0.349. The summed E-state index contributed by atoms with van der Waals surface area (Å²) >= 11 is 0. The second kappa shape index (κ2) is 11.9. The number of hydrogen-bond donors (Lipinski definition) is 1. The van der Waals surface area contributed by atoms with Crippen molar-refractivity contribution in [3.63, 3.8) is 0 Å². The van der Waals surface area contributed by atoms with Crippen LogP contribution in [0.1, 0.15) is 97.5 Å². The fourth-order valence-corrected chi connectivity index (χ4v) is 11.1. The first-order valence-corrected chi connectivity index (χ1v) is 14.7. The molecule has 1 aromatic rings. The molecule has 3 unspecified atom stereocenters. The van der Waals surface area contributed by atoms with Crippen molar-refractivity contribution in [2.75, 3.05) is 0 Å². The smallest absolute Gasteiger partial charge is 0.270 e. The van der Waals surface area contributed by atoms with Gasteiger partial charge in [0.25, 0.3) is 5.91 Å². The lowest BCUT2D eigenvalue weighted by Gasteiger charge is -2.39. The van der Waals surface area contributed by atoms with Crippen LogP contribution in [0, 0.1) is 23.3 Å². The molecule has 1 aliphatic carbocycles. The number of amides is 1. The van der Waals surface area contributed by atoms with E-state index in [9.17, 15) is 4.79 Å². The zero-order valence-corrected chi connectivity index (χ0v) is 21.9. The number of nitrogens with one attached hydrogen (secondary N) is 1. The molecule has 0 saturated heterocycles. The van der Waals surface area contributed by atoms with Crippen molar-refractivity contribution >= 4 is 14.0 Å². The van der Waals surface area contributed by atoms with E-state index in [-0.39, 0.29) is 11.9 Å². The topological polar surface area (TPSA) is 42.0 Å². The molecule has 1 aromatic heterocycles. The van der Waals surface area contributed by atoms with Crippen LogP contribution >= 0.6 is 0 Å². The SMILES string of the molecule is CCCCC1CCC(NC(=O)c2ccccn2)CC1C#C[Si](C(C)C)(C(C)C)C(C)C. The van der Waals surface area contributed by atoms with Gasteiger partial charge in [-0.1, -0.05) is 67.4 Å². The van der Waals surface area contributed by atoms with Gasteiger partial charge in [0.05, 0.1) is 0 Å². The van der Waals surface area contributed by atoms with Crippen LogP contribution in [0.2, 0.25) is 16.6 Å². The predicted molar refractivity (Wildman–Crippen MR) is 135 cm³/mol. The van der Waals surface area contributed by atoms with Crippen molar-refractivity contribution in [1.29, 1.82) is 0 Å². The lowest BCUT2D eigenvalue weighted by atomic mass is 9.75. The van der Waals surface area contributed by atoms with Crippen LogP contribution < -0.4 is 5.32 Å². The number of carbonyl (C=O) groups excluding carboxylic acids is 1. The Balaban J connectivity index is 2.23. The van der Waals surface area contributed by atoms with Crippen molar-refractivity contribution < 1.29 is 4.79 Å². The second-order valence-corrected chi connectivity index (χ2v) is 16.0. The molecule has 172 valence electrons. The Morgan fingerprint density at radius 3 is 2.35 bits per heavy atom. The van der Waals surface area contributed by atoms with Crippen molar-refractivity contribution in [2.24, 2.45) is 11.8 Å². The predicted octanol–water partition coefficient (Wildman–Crippen LogP) is 7.01. The maximum atomic E-state index is 12.7. The fourth-order valence-electron chi connectivity index (χ4n) is 5.76. The average Bonchev–Trinajstić information content (AvgIpc) is 2.73. The maximum Gasteiger partial charge on any atom is 0.270 e. The Bertz CT molecular complexity index is 726. The summed E-state index contributed by atoms with van der Waals surface area (Å²) in [4.78, 5) is 16.9. The molecule has 4 heteroatoms. The number of nitrogens with zero attached hydrogens (tertiary/aromatic N) is 1. The van der Waals surface area contributed by atoms with Crippen molar-refractivity contribution in [3.8, 4) is 11.5 Å². The van der Waals surface area contributed by atoms with Gasteiger partial charge in [-0.3, -0.25) is 9.78 Å². The lowest BCUT2D eigenvalue weighted by molar-refractivity contribution is 0.0907. The average molecular weight is 441 g/mol. The van der Waals surface area contributed by atoms with Crippen molar-refractivity contribution in [1.82, 2.24) is 10.3 Å². The molecule has 0 radical (unpaired) electrons. The van der Waals surface area contributed by atoms with Gasteiger partial charge in [-0.2, -0.15) is 0 Å². The van der Waals surface area contributed by atoms with Crippen molar-refractivity contribution in [3.05, 3.63) is 30.1 Å². The Morgan fingerprint density at radius 2 is 1.81 bits per heavy atom. The minimum Gasteiger partial charge on any atom is -0.348 e. The van der Waals surface area contributed by atoms with E-state index in [1.54, 1.807) is 12.3 Å². The molecule has 2 rings (SSSR count). The molecule has 0 aliphatic heterocycles. The molecule has 31 heavy (non-hydrogen) atoms. The Morgan fingerprint density at radius 1 is 1.13 bits per heavy atom. The van der Waals surface area contributed by atoms with Crippen molar-refractivity contribution in [2.45, 2.75) is 110 Å². The van der Waals surface area contributed by atoms with E-state index in [4.69, 9.17) is 0 Å². The van der Waals surface area contributed by atoms with E-state index >= 15 is 0 Å². The van der Waals surface area contributed by atoms with Gasteiger partial charge >= 0.3 is 0 Å². The molecule has 1 heterocycles. The van der Waals surface area contributed by atoms with Gasteiger partial charge in [0.1, 0.15) is 13.8 Å². The highest BCUT2D eigenvalue weighted by atomic mass is 28.3. The lowest BCUT2D eigenvalue weighted by Crippen LogP contribution is -2.44. The third-order valence-corrected chi connectivity index (χ3v) is 13.8. The first-order chi connectivity index (χ1) is 14.7. The summed E-state index contributed by atoms with van der Waals surface area (Å²) < 4.78 is 0. The molecule has 1 aliphatic rings. The molecule has 0 bridgehead atoms. The van der Waals surface area contributed by atoms with Gasteiger partial charge in [0.15, 0.2) is 0 Å². The molecular weight excluding hydrogens is 396 g/mol. The van der Waals surface area contributed by atoms with E-state index in [0.717, 1.165) is 19.3 Å². The third-order valence-electron chi connectivity index (χ3n) is 7.49. The van der Waals surface area contributed by atoms with Crippen LogP contribution in [-0.2, 0) is 0 Å². The summed E-state index contributed by atoms with van der Waals surface area (Å²) in [6.45, 7) is 16.6. The zero-order valence-electron chi connectivity index (χ0n) is 20.9. The van der Waals surface area contributed by atoms with Crippen LogP contribution in [0.4, 0.5) is 0 Å². The van der Waals surface area contributed by atoms with Gasteiger partial charge in [0, 0.05) is 18.2 Å². The van der Waals surface area contributed by atoms with E-state index < -0.39 is 8.07 Å². The molecule has 3 atom stereocenters. The molecule has 1 saturated carbocycles. The van der Waals surface area contributed by atoms with E-state index in [2.05, 4.69) is 70.2 Å². The summed E-state index contributed by atoms with van der Waals surface area (Å²) in [5.74, 6) is 4.84. The maximum absolute atomic E-state index is 12.7. The Labute approximate surface area is 192 Å². The molecular formula is C27H44N2OSi. The van der Waals surface area contributed by atoms with Gasteiger partial charge in [-0.25, -0.2) is 0 Å². The Hall–Kier alpha value is -1.60. The van der Waals surface area contributed by atoms with Crippen LogP contribution in [0.5, 0.6) is 0 Å². The monoisotopic (exact) mass is 440 g/mol. The first kappa shape index (κ1) is 25.7. The van der Waals surface area contributed by atoms with Gasteiger partial charge in [0.2, 0.25) is 0 Å². The summed E-state index contributed by atoms with van der Waals surface area (Å²) in [5, 5.41) is 3.25. The van der Waals surface area contributed by atoms with E-state index in [0.29, 0.717) is 34.2 Å². The molecule has 0 spiro atoms. The summed E-state index contributed by atoms with van der Waals surface area (Å²) in [6, 6.07) is 5.69. The number of carbonyl (C=O) groups is 1. The Kier molecular flexibility index (Phi) is 9.81. The molecule has 1 fully saturated rings. The van der Waals surface area contributed by atoms with Crippen LogP contribution in [0.25, 0.3) is 0 Å². The van der Waals surface area contributed by atoms with Gasteiger partial charge in [-0.05, 0) is 60.4 Å². The number of rotatable bonds is 8. The van der Waals surface area contributed by atoms with Crippen LogP contribution in [-0.4, -0.2) is 25.0 Å². The summed E-state index contributed by atoms with van der Waals surface area (Å²) in [7, 11) is -1.74. The number of hydrogen-bond acceptors (Lipinski definition) is 2. The van der Waals surface area contributed by atoms with Crippen LogP contribution in [0.3, 0.4) is 0 Å². The molecule has 1 amide bonds. The normalized spacial score (nSPS) is 21.8. The van der Waals surface area contributed by atoms with Gasteiger partial charge in [-0.15, -0.1) is 11.5 Å². The molecule has 0 aromatic carbocycles. The van der Waals surface area contributed by atoms with Crippen LogP contribution in [0.15, 0.2) is 24.4 Å². The zero-order chi connectivity index (χ0) is 23.0. The largest absolute Gasteiger partial charge is 0.348 e. The molecule has 3 nitrogen and oxygen atoms in total. The highest BCUT2D eigenvalue weighted by Crippen LogP contribution is 2.41. The summed E-state index contributed by atoms with van der Waals surface area (Å²) in [5.41, 5.74) is 6.43. The van der Waals surface area contributed by atoms with E-state index in [1.165, 1.54) is 19.3 Å². The minimum absolute atomic E-state index is 0.0559. The second-order valence-electron chi connectivity index (χ2n) is 10.4. The number of unbranched alkanes of at least 4 members (excludes halogenated alkanes) is 1. The number of pyridine rings is 1.